The first-order valence-corrected chi connectivity index (χ1v) is 10.2. The maximum absolute atomic E-state index is 9.31. The molecule has 0 unspecified atom stereocenters. The van der Waals surface area contributed by atoms with E-state index in [1.807, 2.05) is 54.6 Å². The number of pyridine rings is 3. The number of phenolic OH excluding ortho intramolecular Hbond substituents is 3. The number of rotatable bonds is 0. The second-order valence-electron chi connectivity index (χ2n) is 7.06. The number of benzene rings is 3. The summed E-state index contributed by atoms with van der Waals surface area (Å²) in [6.45, 7) is 0. The number of aromatic hydroxyl groups is 3. The molecule has 0 bridgehead atoms. The van der Waals surface area contributed by atoms with Crippen molar-refractivity contribution in [2.75, 3.05) is 0 Å². The molecule has 3 radical (unpaired) electrons. The van der Waals surface area contributed by atoms with Crippen LogP contribution in [0.3, 0.4) is 0 Å². The maximum Gasteiger partial charge on any atom is 0.141 e. The van der Waals surface area contributed by atoms with Gasteiger partial charge in [-0.1, -0.05) is 54.6 Å². The van der Waals surface area contributed by atoms with Crippen molar-refractivity contribution in [3.8, 4) is 17.2 Å². The lowest BCUT2D eigenvalue weighted by Crippen LogP contribution is -1.76. The Morgan fingerprint density at radius 1 is 0.382 bits per heavy atom. The third-order valence-electron chi connectivity index (χ3n) is 4.83. The van der Waals surface area contributed by atoms with E-state index in [2.05, 4.69) is 15.0 Å². The zero-order valence-electron chi connectivity index (χ0n) is 18.2. The summed E-state index contributed by atoms with van der Waals surface area (Å²) in [5, 5.41) is 30.8. The minimum Gasteiger partial charge on any atom is -0.506 e. The molecule has 165 valence electrons. The highest BCUT2D eigenvalue weighted by molar-refractivity contribution is 5.85. The van der Waals surface area contributed by atoms with Crippen LogP contribution in [0.15, 0.2) is 110 Å². The van der Waals surface area contributed by atoms with Gasteiger partial charge in [-0.05, 0) is 36.4 Å². The van der Waals surface area contributed by atoms with Crippen LogP contribution in [0.25, 0.3) is 32.7 Å². The molecule has 0 amide bonds. The molecular weight excluding hydrogens is 425 g/mol. The molecule has 0 saturated heterocycles. The van der Waals surface area contributed by atoms with Crippen LogP contribution in [0, 0.1) is 0 Å². The fourth-order valence-electron chi connectivity index (χ4n) is 3.26. The average molecular weight is 446 g/mol. The van der Waals surface area contributed by atoms with Crippen LogP contribution in [-0.4, -0.2) is 38.7 Å². The van der Waals surface area contributed by atoms with Gasteiger partial charge in [0, 0.05) is 43.2 Å². The number of phenols is 3. The summed E-state index contributed by atoms with van der Waals surface area (Å²) in [5.41, 5.74) is 1.99. The molecule has 3 heterocycles. The van der Waals surface area contributed by atoms with Gasteiger partial charge in [-0.25, -0.2) is 0 Å². The second kappa shape index (κ2) is 11.3. The molecule has 6 aromatic rings. The highest BCUT2D eigenvalue weighted by Gasteiger charge is 1.98. The zero-order chi connectivity index (χ0) is 23.0. The number of fused-ring (bicyclic) bond motifs is 3. The number of hydrogen-bond acceptors (Lipinski definition) is 6. The fourth-order valence-corrected chi connectivity index (χ4v) is 3.26. The minimum absolute atomic E-state index is 0. The van der Waals surface area contributed by atoms with E-state index >= 15 is 0 Å². The van der Waals surface area contributed by atoms with Gasteiger partial charge >= 0.3 is 0 Å². The number of aromatic nitrogens is 3. The van der Waals surface area contributed by atoms with E-state index in [0.717, 1.165) is 16.2 Å². The Morgan fingerprint density at radius 3 is 0.912 bits per heavy atom. The maximum atomic E-state index is 9.31. The standard InChI is InChI=1S/3C9H7NO.B/c3*11-8-5-1-3-7-4-2-6-10-9(7)8;/h3*1-6,11H;. The highest BCUT2D eigenvalue weighted by Crippen LogP contribution is 2.22. The molecule has 3 aromatic carbocycles. The van der Waals surface area contributed by atoms with Gasteiger partial charge in [0.1, 0.15) is 33.8 Å². The van der Waals surface area contributed by atoms with Gasteiger partial charge in [-0.2, -0.15) is 0 Å². The quantitative estimate of drug-likeness (QED) is 0.269. The van der Waals surface area contributed by atoms with Gasteiger partial charge in [0.2, 0.25) is 0 Å². The van der Waals surface area contributed by atoms with E-state index in [1.165, 1.54) is 0 Å². The smallest absolute Gasteiger partial charge is 0.141 e. The third kappa shape index (κ3) is 5.58. The molecule has 0 aliphatic heterocycles. The summed E-state index contributed by atoms with van der Waals surface area (Å²) in [6, 6.07) is 27.4. The predicted octanol–water partition coefficient (Wildman–Crippen LogP) is 5.44. The van der Waals surface area contributed by atoms with Crippen molar-refractivity contribution in [2.45, 2.75) is 0 Å². The molecule has 0 spiro atoms. The topological polar surface area (TPSA) is 99.4 Å². The highest BCUT2D eigenvalue weighted by atomic mass is 16.3. The Morgan fingerprint density at radius 2 is 0.647 bits per heavy atom. The van der Waals surface area contributed by atoms with Gasteiger partial charge in [-0.15, -0.1) is 0 Å². The van der Waals surface area contributed by atoms with E-state index in [9.17, 15) is 15.3 Å². The van der Waals surface area contributed by atoms with Crippen molar-refractivity contribution in [3.05, 3.63) is 110 Å². The Hall–Kier alpha value is -4.65. The number of para-hydroxylation sites is 3. The molecule has 6 rings (SSSR count). The van der Waals surface area contributed by atoms with E-state index in [0.29, 0.717) is 16.6 Å². The molecule has 0 saturated carbocycles. The summed E-state index contributed by atoms with van der Waals surface area (Å²) in [7, 11) is 0. The molecule has 0 fully saturated rings. The van der Waals surface area contributed by atoms with E-state index in [4.69, 9.17) is 0 Å². The van der Waals surface area contributed by atoms with Crippen LogP contribution < -0.4 is 0 Å². The Kier molecular flexibility index (Phi) is 7.97. The Bertz CT molecular complexity index is 1330. The minimum atomic E-state index is 0. The first kappa shape index (κ1) is 24.0. The Labute approximate surface area is 198 Å². The van der Waals surface area contributed by atoms with Crippen molar-refractivity contribution in [1.82, 2.24) is 15.0 Å². The summed E-state index contributed by atoms with van der Waals surface area (Å²) < 4.78 is 0. The lowest BCUT2D eigenvalue weighted by molar-refractivity contribution is 0.480. The SMILES string of the molecule is Oc1cccc2cccnc12.Oc1cccc2cccnc12.Oc1cccc2cccnc12.[B]. The summed E-state index contributed by atoms with van der Waals surface area (Å²) in [6.07, 6.45) is 5.01. The van der Waals surface area contributed by atoms with Crippen LogP contribution >= 0.6 is 0 Å². The molecule has 6 nitrogen and oxygen atoms in total. The first-order chi connectivity index (χ1) is 16.1. The van der Waals surface area contributed by atoms with Crippen molar-refractivity contribution in [3.63, 3.8) is 0 Å². The van der Waals surface area contributed by atoms with Gasteiger partial charge in [-0.3, -0.25) is 15.0 Å². The van der Waals surface area contributed by atoms with Crippen molar-refractivity contribution in [2.24, 2.45) is 0 Å². The van der Waals surface area contributed by atoms with E-state index < -0.39 is 0 Å². The fraction of sp³-hybridized carbons (Fsp3) is 0. The zero-order valence-corrected chi connectivity index (χ0v) is 18.2. The summed E-state index contributed by atoms with van der Waals surface area (Å²) in [4.78, 5) is 12.1. The number of nitrogens with zero attached hydrogens (tertiary/aromatic N) is 3. The van der Waals surface area contributed by atoms with E-state index in [1.54, 1.807) is 55.0 Å². The predicted molar refractivity (Wildman–Crippen MR) is 136 cm³/mol. The lowest BCUT2D eigenvalue weighted by Gasteiger charge is -1.96. The molecule has 7 heteroatoms. The van der Waals surface area contributed by atoms with Crippen LogP contribution in [0.5, 0.6) is 17.2 Å². The van der Waals surface area contributed by atoms with Gasteiger partial charge < -0.3 is 15.3 Å². The van der Waals surface area contributed by atoms with Gasteiger partial charge in [0.05, 0.1) is 0 Å². The first-order valence-electron chi connectivity index (χ1n) is 10.2. The molecule has 3 N–H and O–H groups in total. The average Bonchev–Trinajstić information content (AvgIpc) is 2.86. The van der Waals surface area contributed by atoms with Crippen molar-refractivity contribution in [1.29, 1.82) is 0 Å². The molecule has 0 aliphatic carbocycles. The molecule has 34 heavy (non-hydrogen) atoms. The third-order valence-corrected chi connectivity index (χ3v) is 4.83. The lowest BCUT2D eigenvalue weighted by atomic mass is 10.2. The van der Waals surface area contributed by atoms with E-state index in [-0.39, 0.29) is 25.7 Å². The van der Waals surface area contributed by atoms with Crippen molar-refractivity contribution >= 4 is 41.1 Å². The van der Waals surface area contributed by atoms with Gasteiger partial charge in [0.25, 0.3) is 0 Å². The van der Waals surface area contributed by atoms with Crippen LogP contribution in [0.4, 0.5) is 0 Å². The Balaban J connectivity index is 0.000000141. The van der Waals surface area contributed by atoms with Crippen LogP contribution in [-0.2, 0) is 0 Å². The largest absolute Gasteiger partial charge is 0.506 e. The normalized spacial score (nSPS) is 9.88. The van der Waals surface area contributed by atoms with Crippen molar-refractivity contribution < 1.29 is 15.3 Å². The molecule has 0 atom stereocenters. The van der Waals surface area contributed by atoms with Gasteiger partial charge in [0.15, 0.2) is 0 Å². The molecule has 3 aromatic heterocycles. The summed E-state index contributed by atoms with van der Waals surface area (Å²) >= 11 is 0. The summed E-state index contributed by atoms with van der Waals surface area (Å²) in [5.74, 6) is 0.717. The second-order valence-corrected chi connectivity index (χ2v) is 7.06. The van der Waals surface area contributed by atoms with Crippen LogP contribution in [0.2, 0.25) is 0 Å². The number of hydrogen-bond donors (Lipinski definition) is 3. The monoisotopic (exact) mass is 446 g/mol. The molecular formula is C27H21BN3O3. The molecule has 0 aliphatic rings. The van der Waals surface area contributed by atoms with Crippen LogP contribution in [0.1, 0.15) is 0 Å².